The maximum Gasteiger partial charge on any atom is 0.306 e. The molecule has 0 rings (SSSR count). The first-order chi connectivity index (χ1) is 30.0. The lowest BCUT2D eigenvalue weighted by molar-refractivity contribution is -0.167. The van der Waals surface area contributed by atoms with Gasteiger partial charge in [0.25, 0.3) is 0 Å². The molecule has 1 atom stereocenters. The molecule has 0 spiro atoms. The van der Waals surface area contributed by atoms with E-state index in [2.05, 4.69) is 45.1 Å². The number of rotatable bonds is 49. The lowest BCUT2D eigenvalue weighted by atomic mass is 10.0. The minimum absolute atomic E-state index is 0.0724. The summed E-state index contributed by atoms with van der Waals surface area (Å²) < 4.78 is 16.8. The molecule has 0 aromatic carbocycles. The van der Waals surface area contributed by atoms with Gasteiger partial charge in [0.15, 0.2) is 6.10 Å². The van der Waals surface area contributed by atoms with E-state index in [1.165, 1.54) is 186 Å². The molecule has 0 saturated carbocycles. The third-order valence-corrected chi connectivity index (χ3v) is 11.9. The molecule has 0 fully saturated rings. The summed E-state index contributed by atoms with van der Waals surface area (Å²) in [6.07, 6.45) is 57.3. The average Bonchev–Trinajstić information content (AvgIpc) is 3.26. The van der Waals surface area contributed by atoms with Gasteiger partial charge in [0, 0.05) is 19.3 Å². The van der Waals surface area contributed by atoms with Gasteiger partial charge < -0.3 is 14.2 Å². The van der Waals surface area contributed by atoms with Crippen molar-refractivity contribution < 1.29 is 28.6 Å². The zero-order valence-corrected chi connectivity index (χ0v) is 40.9. The van der Waals surface area contributed by atoms with Crippen LogP contribution >= 0.6 is 0 Å². The summed E-state index contributed by atoms with van der Waals surface area (Å²) in [7, 11) is 0. The average molecular weight is 859 g/mol. The third-order valence-electron chi connectivity index (χ3n) is 11.9. The summed E-state index contributed by atoms with van der Waals surface area (Å²) in [5, 5.41) is 0. The highest BCUT2D eigenvalue weighted by Crippen LogP contribution is 2.16. The van der Waals surface area contributed by atoms with Crippen LogP contribution in [0.2, 0.25) is 0 Å². The standard InChI is InChI=1S/C55H102O6/c1-4-7-10-13-16-19-22-25-27-28-29-31-33-36-39-42-45-48-54(57)60-51-52(50-59-53(56)47-44-41-38-35-32-24-21-18-15-12-9-6-3)61-55(58)49-46-43-40-37-34-30-26-23-20-17-14-11-8-5-2/h18,21,25,27,52H,4-17,19-20,22-24,26,28-51H2,1-3H3/b21-18-,27-25-/t52-/m1/s1. The van der Waals surface area contributed by atoms with E-state index in [0.29, 0.717) is 19.3 Å². The van der Waals surface area contributed by atoms with Crippen molar-refractivity contribution in [1.29, 1.82) is 0 Å². The molecule has 61 heavy (non-hydrogen) atoms. The van der Waals surface area contributed by atoms with Gasteiger partial charge in [-0.3, -0.25) is 14.4 Å². The Bertz CT molecular complexity index is 989. The molecule has 0 amide bonds. The Labute approximate surface area is 379 Å². The predicted molar refractivity (Wildman–Crippen MR) is 261 cm³/mol. The van der Waals surface area contributed by atoms with Crippen molar-refractivity contribution in [1.82, 2.24) is 0 Å². The number of allylic oxidation sites excluding steroid dienone is 4. The molecule has 0 aliphatic rings. The van der Waals surface area contributed by atoms with Gasteiger partial charge in [-0.25, -0.2) is 0 Å². The molecular formula is C55H102O6. The maximum atomic E-state index is 12.8. The molecule has 0 aromatic rings. The van der Waals surface area contributed by atoms with Crippen molar-refractivity contribution >= 4 is 17.9 Å². The number of carbonyl (C=O) groups excluding carboxylic acids is 3. The van der Waals surface area contributed by atoms with Gasteiger partial charge in [-0.15, -0.1) is 0 Å². The van der Waals surface area contributed by atoms with Crippen LogP contribution in [0.3, 0.4) is 0 Å². The van der Waals surface area contributed by atoms with E-state index < -0.39 is 6.10 Å². The van der Waals surface area contributed by atoms with Crippen LogP contribution < -0.4 is 0 Å². The first-order valence-corrected chi connectivity index (χ1v) is 26.8. The van der Waals surface area contributed by atoms with Gasteiger partial charge in [-0.2, -0.15) is 0 Å². The maximum absolute atomic E-state index is 12.8. The third kappa shape index (κ3) is 48.8. The summed E-state index contributed by atoms with van der Waals surface area (Å²) >= 11 is 0. The van der Waals surface area contributed by atoms with Gasteiger partial charge in [-0.05, 0) is 70.6 Å². The quantitative estimate of drug-likeness (QED) is 0.0262. The molecule has 0 heterocycles. The van der Waals surface area contributed by atoms with Gasteiger partial charge in [-0.1, -0.05) is 225 Å². The zero-order valence-electron chi connectivity index (χ0n) is 40.9. The molecule has 0 aromatic heterocycles. The monoisotopic (exact) mass is 859 g/mol. The molecule has 0 unspecified atom stereocenters. The summed E-state index contributed by atoms with van der Waals surface area (Å²) in [4.78, 5) is 38.0. The zero-order chi connectivity index (χ0) is 44.4. The summed E-state index contributed by atoms with van der Waals surface area (Å²) in [5.41, 5.74) is 0. The Morgan fingerprint density at radius 1 is 0.311 bits per heavy atom. The predicted octanol–water partition coefficient (Wildman–Crippen LogP) is 17.5. The van der Waals surface area contributed by atoms with Gasteiger partial charge in [0.05, 0.1) is 0 Å². The van der Waals surface area contributed by atoms with Crippen molar-refractivity contribution in [2.24, 2.45) is 0 Å². The normalized spacial score (nSPS) is 12.1. The SMILES string of the molecule is CCCCC/C=C\CCCCCCCC(=O)OC[C@H](COC(=O)CCCCCCCCC/C=C\CCCCCCCC)OC(=O)CCCCCCCCCCCCCCCC. The van der Waals surface area contributed by atoms with Crippen LogP contribution in [0.4, 0.5) is 0 Å². The Balaban J connectivity index is 4.33. The summed E-state index contributed by atoms with van der Waals surface area (Å²) in [5.74, 6) is -0.871. The number of hydrogen-bond donors (Lipinski definition) is 0. The highest BCUT2D eigenvalue weighted by atomic mass is 16.6. The molecule has 0 aliphatic heterocycles. The molecule has 0 N–H and O–H groups in total. The molecule has 0 aliphatic carbocycles. The van der Waals surface area contributed by atoms with E-state index in [9.17, 15) is 14.4 Å². The molecule has 6 nitrogen and oxygen atoms in total. The van der Waals surface area contributed by atoms with Crippen molar-refractivity contribution in [3.8, 4) is 0 Å². The fourth-order valence-corrected chi connectivity index (χ4v) is 7.84. The largest absolute Gasteiger partial charge is 0.462 e. The topological polar surface area (TPSA) is 78.9 Å². The highest BCUT2D eigenvalue weighted by molar-refractivity contribution is 5.71. The molecular weight excluding hydrogens is 757 g/mol. The smallest absolute Gasteiger partial charge is 0.306 e. The molecule has 6 heteroatoms. The lowest BCUT2D eigenvalue weighted by Gasteiger charge is -2.18. The summed E-state index contributed by atoms with van der Waals surface area (Å²) in [6.45, 7) is 6.63. The second-order valence-corrected chi connectivity index (χ2v) is 18.1. The first-order valence-electron chi connectivity index (χ1n) is 26.8. The number of hydrogen-bond acceptors (Lipinski definition) is 6. The fraction of sp³-hybridized carbons (Fsp3) is 0.873. The van der Waals surface area contributed by atoms with Crippen LogP contribution in [0.5, 0.6) is 0 Å². The van der Waals surface area contributed by atoms with E-state index in [1.807, 2.05) is 0 Å². The van der Waals surface area contributed by atoms with Gasteiger partial charge in [0.1, 0.15) is 13.2 Å². The fourth-order valence-electron chi connectivity index (χ4n) is 7.84. The second kappa shape index (κ2) is 50.5. The molecule has 0 radical (unpaired) electrons. The van der Waals surface area contributed by atoms with Crippen molar-refractivity contribution in [2.45, 2.75) is 297 Å². The van der Waals surface area contributed by atoms with Crippen LogP contribution in [0.15, 0.2) is 24.3 Å². The van der Waals surface area contributed by atoms with Crippen molar-refractivity contribution in [3.05, 3.63) is 24.3 Å². The van der Waals surface area contributed by atoms with Gasteiger partial charge in [0.2, 0.25) is 0 Å². The van der Waals surface area contributed by atoms with E-state index in [4.69, 9.17) is 14.2 Å². The van der Waals surface area contributed by atoms with Crippen LogP contribution in [0.25, 0.3) is 0 Å². The summed E-state index contributed by atoms with van der Waals surface area (Å²) in [6, 6.07) is 0. The Kier molecular flexibility index (Phi) is 48.8. The van der Waals surface area contributed by atoms with Crippen LogP contribution in [-0.2, 0) is 28.6 Å². The van der Waals surface area contributed by atoms with Crippen LogP contribution in [0.1, 0.15) is 290 Å². The van der Waals surface area contributed by atoms with Gasteiger partial charge >= 0.3 is 17.9 Å². The lowest BCUT2D eigenvalue weighted by Crippen LogP contribution is -2.30. The number of unbranched alkanes of at least 4 members (excludes halogenated alkanes) is 34. The number of ether oxygens (including phenoxy) is 3. The number of carbonyl (C=O) groups is 3. The second-order valence-electron chi connectivity index (χ2n) is 18.1. The van der Waals surface area contributed by atoms with E-state index in [0.717, 1.165) is 64.2 Å². The van der Waals surface area contributed by atoms with Crippen LogP contribution in [-0.4, -0.2) is 37.2 Å². The molecule has 0 bridgehead atoms. The minimum Gasteiger partial charge on any atom is -0.462 e. The highest BCUT2D eigenvalue weighted by Gasteiger charge is 2.19. The van der Waals surface area contributed by atoms with E-state index in [1.54, 1.807) is 0 Å². The van der Waals surface area contributed by atoms with Crippen molar-refractivity contribution in [2.75, 3.05) is 13.2 Å². The Morgan fingerprint density at radius 3 is 0.852 bits per heavy atom. The Hall–Kier alpha value is -2.11. The van der Waals surface area contributed by atoms with Crippen molar-refractivity contribution in [3.63, 3.8) is 0 Å². The number of esters is 3. The van der Waals surface area contributed by atoms with E-state index in [-0.39, 0.29) is 31.1 Å². The minimum atomic E-state index is -0.771. The molecule has 358 valence electrons. The van der Waals surface area contributed by atoms with Crippen LogP contribution in [0, 0.1) is 0 Å². The molecule has 0 saturated heterocycles. The first kappa shape index (κ1) is 58.9. The van der Waals surface area contributed by atoms with E-state index >= 15 is 0 Å². The Morgan fingerprint density at radius 2 is 0.541 bits per heavy atom.